The van der Waals surface area contributed by atoms with Crippen LogP contribution in [0.25, 0.3) is 0 Å². The van der Waals surface area contributed by atoms with Gasteiger partial charge in [0.1, 0.15) is 6.54 Å². The molecule has 3 aromatic carbocycles. The zero-order valence-corrected chi connectivity index (χ0v) is 18.0. The van der Waals surface area contributed by atoms with E-state index in [-0.39, 0.29) is 34.9 Å². The number of hydrogen-bond acceptors (Lipinski definition) is 4. The molecule has 0 unspecified atom stereocenters. The molecule has 1 fully saturated rings. The van der Waals surface area contributed by atoms with Gasteiger partial charge in [0.15, 0.2) is 0 Å². The number of carboxylic acid groups (broad SMARTS) is 1. The molecule has 7 nitrogen and oxygen atoms in total. The SMILES string of the molecule is O=C(CN1C(=O)[C@@H]2C3c4ccccc4C(c4ccccc43)[C@@H]2C1=O)Nc1ccccc1C(=O)O. The van der Waals surface area contributed by atoms with Crippen LogP contribution in [-0.2, 0) is 14.4 Å². The Morgan fingerprint density at radius 3 is 1.65 bits per heavy atom. The largest absolute Gasteiger partial charge is 0.478 e. The Morgan fingerprint density at radius 2 is 1.18 bits per heavy atom. The molecule has 7 rings (SSSR count). The van der Waals surface area contributed by atoms with Crippen molar-refractivity contribution in [1.29, 1.82) is 0 Å². The van der Waals surface area contributed by atoms with Crippen LogP contribution in [-0.4, -0.2) is 40.2 Å². The number of carbonyl (C=O) groups excluding carboxylic acids is 3. The predicted molar refractivity (Wildman–Crippen MR) is 122 cm³/mol. The monoisotopic (exact) mass is 452 g/mol. The molecule has 3 aromatic rings. The zero-order chi connectivity index (χ0) is 23.6. The molecule has 34 heavy (non-hydrogen) atoms. The van der Waals surface area contributed by atoms with E-state index in [2.05, 4.69) is 5.32 Å². The van der Waals surface area contributed by atoms with Gasteiger partial charge in [0.2, 0.25) is 17.7 Å². The first kappa shape index (κ1) is 20.4. The van der Waals surface area contributed by atoms with Gasteiger partial charge in [0.25, 0.3) is 0 Å². The lowest BCUT2D eigenvalue weighted by atomic mass is 9.55. The Morgan fingerprint density at radius 1 is 0.735 bits per heavy atom. The number of benzene rings is 3. The van der Waals surface area contributed by atoms with E-state index >= 15 is 0 Å². The summed E-state index contributed by atoms with van der Waals surface area (Å²) in [5, 5.41) is 11.9. The molecule has 168 valence electrons. The number of carbonyl (C=O) groups is 4. The fourth-order valence-corrected chi connectivity index (χ4v) is 6.01. The van der Waals surface area contributed by atoms with E-state index in [4.69, 9.17) is 0 Å². The second-order valence-electron chi connectivity index (χ2n) is 8.93. The molecular weight excluding hydrogens is 432 g/mol. The number of hydrogen-bond donors (Lipinski definition) is 2. The Balaban J connectivity index is 1.33. The summed E-state index contributed by atoms with van der Waals surface area (Å²) in [4.78, 5) is 52.4. The molecule has 2 N–H and O–H groups in total. The Labute approximate surface area is 195 Å². The third-order valence-corrected chi connectivity index (χ3v) is 7.27. The van der Waals surface area contributed by atoms with E-state index in [0.717, 1.165) is 27.2 Å². The molecule has 0 saturated carbocycles. The van der Waals surface area contributed by atoms with E-state index in [0.29, 0.717) is 0 Å². The molecule has 1 saturated heterocycles. The standard InChI is InChI=1S/C27H20N2O5/c30-20(28-19-12-6-5-11-18(19)27(33)34)13-29-25(31)23-21-14-7-1-2-8-15(14)22(24(23)26(29)32)17-10-4-3-9-16(17)21/h1-12,21-24H,13H2,(H,28,30)(H,33,34)/t21?,22?,23-,24+. The molecule has 0 spiro atoms. The average Bonchev–Trinajstić information content (AvgIpc) is 3.09. The fourth-order valence-electron chi connectivity index (χ4n) is 6.01. The lowest BCUT2D eigenvalue weighted by molar-refractivity contribution is -0.142. The van der Waals surface area contributed by atoms with Gasteiger partial charge in [-0.3, -0.25) is 19.3 Å². The molecular formula is C27H20N2O5. The zero-order valence-electron chi connectivity index (χ0n) is 18.0. The minimum atomic E-state index is -1.18. The Bertz CT molecular complexity index is 1280. The van der Waals surface area contributed by atoms with Crippen molar-refractivity contribution in [3.63, 3.8) is 0 Å². The minimum Gasteiger partial charge on any atom is -0.478 e. The normalized spacial score (nSPS) is 23.8. The number of para-hydroxylation sites is 1. The summed E-state index contributed by atoms with van der Waals surface area (Å²) in [5.41, 5.74) is 4.32. The summed E-state index contributed by atoms with van der Waals surface area (Å²) in [5.74, 6) is -4.08. The van der Waals surface area contributed by atoms with Crippen LogP contribution >= 0.6 is 0 Å². The molecule has 7 heteroatoms. The van der Waals surface area contributed by atoms with Crippen LogP contribution in [0.3, 0.4) is 0 Å². The highest BCUT2D eigenvalue weighted by Crippen LogP contribution is 2.60. The first-order valence-electron chi connectivity index (χ1n) is 11.1. The van der Waals surface area contributed by atoms with Crippen LogP contribution in [0.5, 0.6) is 0 Å². The summed E-state index contributed by atoms with van der Waals surface area (Å²) in [7, 11) is 0. The van der Waals surface area contributed by atoms with Crippen molar-refractivity contribution in [3.8, 4) is 0 Å². The quantitative estimate of drug-likeness (QED) is 0.592. The van der Waals surface area contributed by atoms with Gasteiger partial charge in [0.05, 0.1) is 23.1 Å². The van der Waals surface area contributed by atoms with Gasteiger partial charge in [0, 0.05) is 11.8 Å². The first-order chi connectivity index (χ1) is 16.5. The lowest BCUT2D eigenvalue weighted by Gasteiger charge is -2.45. The summed E-state index contributed by atoms with van der Waals surface area (Å²) >= 11 is 0. The van der Waals surface area contributed by atoms with Crippen molar-refractivity contribution in [2.45, 2.75) is 11.8 Å². The van der Waals surface area contributed by atoms with Gasteiger partial charge in [-0.15, -0.1) is 0 Å². The number of nitrogens with one attached hydrogen (secondary N) is 1. The maximum Gasteiger partial charge on any atom is 0.337 e. The summed E-state index contributed by atoms with van der Waals surface area (Å²) in [6.07, 6.45) is 0. The number of aromatic carboxylic acids is 1. The maximum absolute atomic E-state index is 13.6. The topological polar surface area (TPSA) is 104 Å². The number of carboxylic acids is 1. The van der Waals surface area contributed by atoms with E-state index < -0.39 is 30.3 Å². The second-order valence-corrected chi connectivity index (χ2v) is 8.93. The Hall–Kier alpha value is -4.26. The molecule has 4 aliphatic rings. The number of amides is 3. The molecule has 2 bridgehead atoms. The molecule has 1 heterocycles. The van der Waals surface area contributed by atoms with E-state index in [1.807, 2.05) is 48.5 Å². The smallest absolute Gasteiger partial charge is 0.337 e. The number of imide groups is 1. The maximum atomic E-state index is 13.6. The number of anilines is 1. The molecule has 0 aromatic heterocycles. The van der Waals surface area contributed by atoms with Gasteiger partial charge in [-0.25, -0.2) is 4.79 Å². The summed E-state index contributed by atoms with van der Waals surface area (Å²) in [6.45, 7) is -0.454. The van der Waals surface area contributed by atoms with Crippen LogP contribution in [0.15, 0.2) is 72.8 Å². The summed E-state index contributed by atoms with van der Waals surface area (Å²) in [6, 6.07) is 21.9. The van der Waals surface area contributed by atoms with E-state index in [1.54, 1.807) is 12.1 Å². The van der Waals surface area contributed by atoms with Gasteiger partial charge in [-0.05, 0) is 34.4 Å². The van der Waals surface area contributed by atoms with E-state index in [9.17, 15) is 24.3 Å². The number of likely N-dealkylation sites (tertiary alicyclic amines) is 1. The molecule has 2 atom stereocenters. The minimum absolute atomic E-state index is 0.0625. The second kappa shape index (κ2) is 7.38. The first-order valence-corrected chi connectivity index (χ1v) is 11.1. The summed E-state index contributed by atoms with van der Waals surface area (Å²) < 4.78 is 0. The highest BCUT2D eigenvalue weighted by atomic mass is 16.4. The molecule has 3 aliphatic carbocycles. The number of rotatable bonds is 4. The van der Waals surface area contributed by atoms with Crippen LogP contribution < -0.4 is 5.32 Å². The van der Waals surface area contributed by atoms with Crippen LogP contribution in [0, 0.1) is 11.8 Å². The van der Waals surface area contributed by atoms with Crippen molar-refractivity contribution in [2.24, 2.45) is 11.8 Å². The Kier molecular flexibility index (Phi) is 4.42. The number of nitrogens with zero attached hydrogens (tertiary/aromatic N) is 1. The third-order valence-electron chi connectivity index (χ3n) is 7.27. The van der Waals surface area contributed by atoms with Crippen molar-refractivity contribution in [3.05, 3.63) is 101 Å². The van der Waals surface area contributed by atoms with E-state index in [1.165, 1.54) is 12.1 Å². The van der Waals surface area contributed by atoms with Gasteiger partial charge in [-0.1, -0.05) is 60.7 Å². The lowest BCUT2D eigenvalue weighted by Crippen LogP contribution is -2.41. The highest BCUT2D eigenvalue weighted by Gasteiger charge is 2.61. The molecule has 3 amide bonds. The third kappa shape index (κ3) is 2.76. The molecule has 0 radical (unpaired) electrons. The van der Waals surface area contributed by atoms with Gasteiger partial charge in [-0.2, -0.15) is 0 Å². The highest BCUT2D eigenvalue weighted by molar-refractivity contribution is 6.11. The fraction of sp³-hybridized carbons (Fsp3) is 0.185. The van der Waals surface area contributed by atoms with Crippen LogP contribution in [0.4, 0.5) is 5.69 Å². The van der Waals surface area contributed by atoms with Crippen molar-refractivity contribution >= 4 is 29.4 Å². The predicted octanol–water partition coefficient (Wildman–Crippen LogP) is 3.22. The van der Waals surface area contributed by atoms with Crippen molar-refractivity contribution in [1.82, 2.24) is 4.90 Å². The van der Waals surface area contributed by atoms with Crippen molar-refractivity contribution in [2.75, 3.05) is 11.9 Å². The van der Waals surface area contributed by atoms with Crippen LogP contribution in [0.1, 0.15) is 44.4 Å². The average molecular weight is 452 g/mol. The van der Waals surface area contributed by atoms with Gasteiger partial charge >= 0.3 is 5.97 Å². The van der Waals surface area contributed by atoms with Gasteiger partial charge < -0.3 is 10.4 Å². The van der Waals surface area contributed by atoms with Crippen molar-refractivity contribution < 1.29 is 24.3 Å². The van der Waals surface area contributed by atoms with Crippen LogP contribution in [0.2, 0.25) is 0 Å². The molecule has 1 aliphatic heterocycles.